The van der Waals surface area contributed by atoms with Gasteiger partial charge in [-0.05, 0) is 42.2 Å². The van der Waals surface area contributed by atoms with E-state index in [0.717, 1.165) is 29.7 Å². The van der Waals surface area contributed by atoms with Crippen LogP contribution in [0.2, 0.25) is 5.02 Å². The molecule has 1 atom stereocenters. The van der Waals surface area contributed by atoms with Crippen LogP contribution in [0.1, 0.15) is 31.4 Å². The lowest BCUT2D eigenvalue weighted by Crippen LogP contribution is -2.29. The molecule has 1 saturated heterocycles. The van der Waals surface area contributed by atoms with Crippen molar-refractivity contribution in [3.63, 3.8) is 0 Å². The fraction of sp³-hybridized carbons (Fsp3) is 0.333. The third-order valence-corrected chi connectivity index (χ3v) is 5.06. The predicted molar refractivity (Wildman–Crippen MR) is 106 cm³/mol. The molecular weight excluding hydrogens is 348 g/mol. The van der Waals surface area contributed by atoms with Gasteiger partial charge in [0.05, 0.1) is 5.92 Å². The number of amides is 2. The van der Waals surface area contributed by atoms with Gasteiger partial charge in [-0.3, -0.25) is 9.59 Å². The van der Waals surface area contributed by atoms with Crippen molar-refractivity contribution in [1.29, 1.82) is 0 Å². The summed E-state index contributed by atoms with van der Waals surface area (Å²) in [5, 5.41) is 3.44. The van der Waals surface area contributed by atoms with E-state index in [2.05, 4.69) is 31.3 Å². The molecule has 0 bridgehead atoms. The summed E-state index contributed by atoms with van der Waals surface area (Å²) in [4.78, 5) is 27.1. The molecule has 4 nitrogen and oxygen atoms in total. The summed E-state index contributed by atoms with van der Waals surface area (Å²) in [6, 6.07) is 13.2. The number of nitrogens with one attached hydrogen (secondary N) is 1. The number of carbonyl (C=O) groups excluding carboxylic acids is 2. The molecule has 0 aliphatic carbocycles. The van der Waals surface area contributed by atoms with Crippen molar-refractivity contribution in [3.8, 4) is 0 Å². The van der Waals surface area contributed by atoms with Gasteiger partial charge in [-0.2, -0.15) is 0 Å². The minimum atomic E-state index is -0.365. The Kier molecular flexibility index (Phi) is 5.62. The SMILES string of the molecule is CCc1cccc(CC)c1N1C[C@H](C(=O)Nc2cccc(Cl)c2)CC1=O. The minimum Gasteiger partial charge on any atom is -0.326 e. The summed E-state index contributed by atoms with van der Waals surface area (Å²) < 4.78 is 0. The third-order valence-electron chi connectivity index (χ3n) is 4.82. The highest BCUT2D eigenvalue weighted by Gasteiger charge is 2.36. The Morgan fingerprint density at radius 1 is 1.15 bits per heavy atom. The highest BCUT2D eigenvalue weighted by Crippen LogP contribution is 2.32. The maximum absolute atomic E-state index is 12.7. The van der Waals surface area contributed by atoms with Crippen molar-refractivity contribution < 1.29 is 9.59 Å². The van der Waals surface area contributed by atoms with Crippen LogP contribution in [0.3, 0.4) is 0 Å². The van der Waals surface area contributed by atoms with Gasteiger partial charge in [-0.25, -0.2) is 0 Å². The average Bonchev–Trinajstić information content (AvgIpc) is 3.02. The largest absolute Gasteiger partial charge is 0.326 e. The van der Waals surface area contributed by atoms with Crippen molar-refractivity contribution in [2.75, 3.05) is 16.8 Å². The molecule has 136 valence electrons. The van der Waals surface area contributed by atoms with Crippen LogP contribution in [-0.4, -0.2) is 18.4 Å². The zero-order valence-corrected chi connectivity index (χ0v) is 15.8. The first-order chi connectivity index (χ1) is 12.5. The average molecular weight is 371 g/mol. The smallest absolute Gasteiger partial charge is 0.229 e. The highest BCUT2D eigenvalue weighted by molar-refractivity contribution is 6.30. The van der Waals surface area contributed by atoms with Crippen molar-refractivity contribution in [2.24, 2.45) is 5.92 Å². The number of anilines is 2. The molecule has 3 rings (SSSR count). The number of carbonyl (C=O) groups is 2. The van der Waals surface area contributed by atoms with Crippen LogP contribution in [0, 0.1) is 5.92 Å². The molecule has 1 aliphatic heterocycles. The van der Waals surface area contributed by atoms with Crippen LogP contribution >= 0.6 is 11.6 Å². The Bertz CT molecular complexity index is 812. The predicted octanol–water partition coefficient (Wildman–Crippen LogP) is 4.46. The van der Waals surface area contributed by atoms with E-state index in [1.54, 1.807) is 29.2 Å². The molecule has 1 N–H and O–H groups in total. The second kappa shape index (κ2) is 7.92. The second-order valence-corrected chi connectivity index (χ2v) is 6.97. The molecule has 2 amide bonds. The number of hydrogen-bond donors (Lipinski definition) is 1. The maximum atomic E-state index is 12.7. The van der Waals surface area contributed by atoms with Gasteiger partial charge in [0.15, 0.2) is 0 Å². The minimum absolute atomic E-state index is 0.00634. The highest BCUT2D eigenvalue weighted by atomic mass is 35.5. The van der Waals surface area contributed by atoms with E-state index in [1.807, 2.05) is 6.07 Å². The summed E-state index contributed by atoms with van der Waals surface area (Å²) in [6.45, 7) is 4.58. The van der Waals surface area contributed by atoms with Gasteiger partial charge in [0.2, 0.25) is 11.8 Å². The van der Waals surface area contributed by atoms with Crippen molar-refractivity contribution in [1.82, 2.24) is 0 Å². The van der Waals surface area contributed by atoms with E-state index in [1.165, 1.54) is 0 Å². The van der Waals surface area contributed by atoms with Gasteiger partial charge in [0.1, 0.15) is 0 Å². The Hall–Kier alpha value is -2.33. The van der Waals surface area contributed by atoms with Crippen LogP contribution in [0.4, 0.5) is 11.4 Å². The molecule has 1 aliphatic rings. The van der Waals surface area contributed by atoms with Crippen LogP contribution in [-0.2, 0) is 22.4 Å². The molecule has 1 heterocycles. The number of para-hydroxylation sites is 1. The van der Waals surface area contributed by atoms with Gasteiger partial charge in [0.25, 0.3) is 0 Å². The topological polar surface area (TPSA) is 49.4 Å². The molecular formula is C21H23ClN2O2. The number of rotatable bonds is 5. The normalized spacial score (nSPS) is 16.8. The molecule has 2 aromatic carbocycles. The lowest BCUT2D eigenvalue weighted by atomic mass is 10.0. The van der Waals surface area contributed by atoms with Gasteiger partial charge in [-0.1, -0.05) is 49.7 Å². The van der Waals surface area contributed by atoms with Crippen molar-refractivity contribution in [2.45, 2.75) is 33.1 Å². The Morgan fingerprint density at radius 3 is 2.42 bits per heavy atom. The number of halogens is 1. The van der Waals surface area contributed by atoms with E-state index >= 15 is 0 Å². The van der Waals surface area contributed by atoms with Crippen molar-refractivity contribution >= 4 is 34.8 Å². The molecule has 0 unspecified atom stereocenters. The van der Waals surface area contributed by atoms with Crippen molar-refractivity contribution in [3.05, 3.63) is 58.6 Å². The molecule has 0 aromatic heterocycles. The fourth-order valence-corrected chi connectivity index (χ4v) is 3.66. The molecule has 26 heavy (non-hydrogen) atoms. The first kappa shape index (κ1) is 18.5. The van der Waals surface area contributed by atoms with E-state index in [9.17, 15) is 9.59 Å². The summed E-state index contributed by atoms with van der Waals surface area (Å²) in [5.74, 6) is -0.502. The first-order valence-electron chi connectivity index (χ1n) is 9.01. The third kappa shape index (κ3) is 3.75. The standard InChI is InChI=1S/C21H23ClN2O2/c1-3-14-7-5-8-15(4-2)20(14)24-13-16(11-19(24)25)21(26)23-18-10-6-9-17(22)12-18/h5-10,12,16H,3-4,11,13H2,1-2H3,(H,23,26)/t16-/m1/s1. The summed E-state index contributed by atoms with van der Waals surface area (Å²) in [5.41, 5.74) is 3.93. The lowest BCUT2D eigenvalue weighted by molar-refractivity contribution is -0.122. The summed E-state index contributed by atoms with van der Waals surface area (Å²) in [7, 11) is 0. The zero-order valence-electron chi connectivity index (χ0n) is 15.1. The van der Waals surface area contributed by atoms with E-state index in [-0.39, 0.29) is 24.2 Å². The van der Waals surface area contributed by atoms with Gasteiger partial charge >= 0.3 is 0 Å². The molecule has 5 heteroatoms. The molecule has 2 aromatic rings. The van der Waals surface area contributed by atoms with Gasteiger partial charge < -0.3 is 10.2 Å². The quantitative estimate of drug-likeness (QED) is 0.844. The number of benzene rings is 2. The summed E-state index contributed by atoms with van der Waals surface area (Å²) in [6.07, 6.45) is 1.94. The number of aryl methyl sites for hydroxylation is 2. The number of nitrogens with zero attached hydrogens (tertiary/aromatic N) is 1. The monoisotopic (exact) mass is 370 g/mol. The van der Waals surface area contributed by atoms with Crippen LogP contribution < -0.4 is 10.2 Å². The van der Waals surface area contributed by atoms with Gasteiger partial charge in [-0.15, -0.1) is 0 Å². The van der Waals surface area contributed by atoms with E-state index < -0.39 is 0 Å². The maximum Gasteiger partial charge on any atom is 0.229 e. The Labute approximate surface area is 159 Å². The molecule has 1 fully saturated rings. The van der Waals surface area contributed by atoms with Crippen LogP contribution in [0.25, 0.3) is 0 Å². The number of hydrogen-bond acceptors (Lipinski definition) is 2. The van der Waals surface area contributed by atoms with Crippen LogP contribution in [0.15, 0.2) is 42.5 Å². The Balaban J connectivity index is 1.80. The first-order valence-corrected chi connectivity index (χ1v) is 9.38. The second-order valence-electron chi connectivity index (χ2n) is 6.54. The summed E-state index contributed by atoms with van der Waals surface area (Å²) >= 11 is 5.97. The Morgan fingerprint density at radius 2 is 1.81 bits per heavy atom. The molecule has 0 radical (unpaired) electrons. The molecule has 0 saturated carbocycles. The van der Waals surface area contributed by atoms with E-state index in [0.29, 0.717) is 17.3 Å². The zero-order chi connectivity index (χ0) is 18.7. The van der Waals surface area contributed by atoms with E-state index in [4.69, 9.17) is 11.6 Å². The fourth-order valence-electron chi connectivity index (χ4n) is 3.47. The van der Waals surface area contributed by atoms with Crippen LogP contribution in [0.5, 0.6) is 0 Å². The molecule has 0 spiro atoms. The lowest BCUT2D eigenvalue weighted by Gasteiger charge is -2.23. The van der Waals surface area contributed by atoms with Gasteiger partial charge in [0, 0.05) is 29.4 Å².